The van der Waals surface area contributed by atoms with Crippen LogP contribution in [0.5, 0.6) is 5.75 Å². The van der Waals surface area contributed by atoms with Gasteiger partial charge in [-0.1, -0.05) is 11.6 Å². The first-order valence-electron chi connectivity index (χ1n) is 6.11. The lowest BCUT2D eigenvalue weighted by molar-refractivity contribution is 0.0683. The lowest BCUT2D eigenvalue weighted by atomic mass is 10.0. The Morgan fingerprint density at radius 1 is 1.47 bits per heavy atom. The van der Waals surface area contributed by atoms with Gasteiger partial charge >= 0.3 is 5.97 Å². The monoisotopic (exact) mass is 258 g/mol. The van der Waals surface area contributed by atoms with Gasteiger partial charge in [0.05, 0.1) is 6.61 Å². The molecule has 0 bridgehead atoms. The lowest BCUT2D eigenvalue weighted by Crippen LogP contribution is -2.10. The van der Waals surface area contributed by atoms with Crippen molar-refractivity contribution in [3.05, 3.63) is 35.0 Å². The average molecular weight is 258 g/mol. The fourth-order valence-corrected chi connectivity index (χ4v) is 2.51. The van der Waals surface area contributed by atoms with Crippen molar-refractivity contribution in [3.63, 3.8) is 0 Å². The van der Waals surface area contributed by atoms with Crippen LogP contribution in [0.25, 0.3) is 11.3 Å². The van der Waals surface area contributed by atoms with Gasteiger partial charge < -0.3 is 9.84 Å². The highest BCUT2D eigenvalue weighted by atomic mass is 16.5. The van der Waals surface area contributed by atoms with Gasteiger partial charge in [0.1, 0.15) is 17.1 Å². The Bertz CT molecular complexity index is 674. The van der Waals surface area contributed by atoms with Crippen LogP contribution >= 0.6 is 0 Å². The van der Waals surface area contributed by atoms with Crippen LogP contribution in [0.3, 0.4) is 0 Å². The summed E-state index contributed by atoms with van der Waals surface area (Å²) in [4.78, 5) is 11.3. The number of hydrogen-bond donors (Lipinski definition) is 1. The molecule has 98 valence electrons. The zero-order valence-electron chi connectivity index (χ0n) is 10.8. The molecule has 19 heavy (non-hydrogen) atoms. The summed E-state index contributed by atoms with van der Waals surface area (Å²) in [5.74, 6) is -0.188. The second-order valence-corrected chi connectivity index (χ2v) is 4.70. The number of carboxylic acid groups (broad SMARTS) is 1. The molecule has 1 aliphatic rings. The predicted octanol–water partition coefficient (Wildman–Crippen LogP) is 2.03. The maximum absolute atomic E-state index is 11.3. The minimum Gasteiger partial charge on any atom is -0.493 e. The molecule has 2 aromatic rings. The Morgan fingerprint density at radius 3 is 3.00 bits per heavy atom. The highest BCUT2D eigenvalue weighted by Gasteiger charge is 2.26. The third-order valence-electron chi connectivity index (χ3n) is 3.35. The van der Waals surface area contributed by atoms with Crippen molar-refractivity contribution in [1.29, 1.82) is 0 Å². The number of hydrogen-bond acceptors (Lipinski definition) is 3. The Balaban J connectivity index is 2.30. The second kappa shape index (κ2) is 4.12. The number of nitrogens with zero attached hydrogens (tertiary/aromatic N) is 2. The van der Waals surface area contributed by atoms with E-state index in [0.29, 0.717) is 13.0 Å². The molecule has 1 aromatic carbocycles. The molecule has 0 atom stereocenters. The zero-order valence-corrected chi connectivity index (χ0v) is 10.8. The summed E-state index contributed by atoms with van der Waals surface area (Å²) in [7, 11) is 1.66. The van der Waals surface area contributed by atoms with Crippen LogP contribution in [0.1, 0.15) is 21.6 Å². The molecule has 0 radical (unpaired) electrons. The van der Waals surface area contributed by atoms with Crippen molar-refractivity contribution in [1.82, 2.24) is 9.78 Å². The summed E-state index contributed by atoms with van der Waals surface area (Å²) in [5, 5.41) is 13.7. The van der Waals surface area contributed by atoms with Crippen molar-refractivity contribution < 1.29 is 14.6 Å². The molecular weight excluding hydrogens is 244 g/mol. The number of aryl methyl sites for hydroxylation is 2. The van der Waals surface area contributed by atoms with Crippen LogP contribution in [0.15, 0.2) is 18.2 Å². The maximum atomic E-state index is 11.3. The van der Waals surface area contributed by atoms with Crippen LogP contribution < -0.4 is 4.74 Å². The minimum atomic E-state index is -0.952. The first-order valence-corrected chi connectivity index (χ1v) is 6.11. The number of ether oxygens (including phenoxy) is 1. The molecule has 3 rings (SSSR count). The average Bonchev–Trinajstić information content (AvgIpc) is 2.58. The largest absolute Gasteiger partial charge is 0.493 e. The molecule has 0 spiro atoms. The molecule has 5 heteroatoms. The highest BCUT2D eigenvalue weighted by Crippen LogP contribution is 2.36. The van der Waals surface area contributed by atoms with Gasteiger partial charge in [-0.15, -0.1) is 0 Å². The van der Waals surface area contributed by atoms with E-state index < -0.39 is 5.97 Å². The molecule has 5 nitrogen and oxygen atoms in total. The van der Waals surface area contributed by atoms with Gasteiger partial charge in [0, 0.05) is 24.6 Å². The van der Waals surface area contributed by atoms with Gasteiger partial charge in [-0.25, -0.2) is 4.79 Å². The van der Waals surface area contributed by atoms with Crippen LogP contribution in [-0.2, 0) is 13.5 Å². The van der Waals surface area contributed by atoms with Crippen molar-refractivity contribution in [3.8, 4) is 17.0 Å². The highest BCUT2D eigenvalue weighted by molar-refractivity contribution is 5.90. The van der Waals surface area contributed by atoms with Crippen molar-refractivity contribution >= 4 is 5.97 Å². The Labute approximate surface area is 110 Å². The summed E-state index contributed by atoms with van der Waals surface area (Å²) >= 11 is 0. The van der Waals surface area contributed by atoms with Crippen LogP contribution in [0.4, 0.5) is 0 Å². The molecule has 0 saturated heterocycles. The fourth-order valence-electron chi connectivity index (χ4n) is 2.51. The standard InChI is InChI=1S/C14H14N2O3/c1-8-3-4-11-10(7-8)12-9(5-6-19-11)13(14(17)18)16(2)15-12/h3-4,7H,5-6H2,1-2H3,(H,17,18). The smallest absolute Gasteiger partial charge is 0.354 e. The molecule has 2 heterocycles. The number of rotatable bonds is 1. The maximum Gasteiger partial charge on any atom is 0.354 e. The molecule has 0 saturated carbocycles. The number of benzene rings is 1. The van der Waals surface area contributed by atoms with E-state index in [1.807, 2.05) is 25.1 Å². The lowest BCUT2D eigenvalue weighted by Gasteiger charge is -2.07. The summed E-state index contributed by atoms with van der Waals surface area (Å²) in [5.41, 5.74) is 3.68. The van der Waals surface area contributed by atoms with E-state index in [2.05, 4.69) is 5.10 Å². The summed E-state index contributed by atoms with van der Waals surface area (Å²) in [6, 6.07) is 5.87. The van der Waals surface area contributed by atoms with Gasteiger partial charge in [0.15, 0.2) is 0 Å². The number of carboxylic acids is 1. The van der Waals surface area contributed by atoms with Crippen LogP contribution in [0, 0.1) is 6.92 Å². The van der Waals surface area contributed by atoms with Gasteiger partial charge in [0.2, 0.25) is 0 Å². The van der Waals surface area contributed by atoms with E-state index in [-0.39, 0.29) is 5.69 Å². The first-order chi connectivity index (χ1) is 9.08. The van der Waals surface area contributed by atoms with Gasteiger partial charge in [-0.05, 0) is 19.1 Å². The van der Waals surface area contributed by atoms with Crippen molar-refractivity contribution in [2.75, 3.05) is 6.61 Å². The Hall–Kier alpha value is -2.30. The third-order valence-corrected chi connectivity index (χ3v) is 3.35. The number of aromatic nitrogens is 2. The second-order valence-electron chi connectivity index (χ2n) is 4.70. The number of carbonyl (C=O) groups is 1. The van der Waals surface area contributed by atoms with Gasteiger partial charge in [0.25, 0.3) is 0 Å². The zero-order chi connectivity index (χ0) is 13.6. The van der Waals surface area contributed by atoms with E-state index in [1.54, 1.807) is 7.05 Å². The molecule has 1 N–H and O–H groups in total. The number of aromatic carboxylic acids is 1. The van der Waals surface area contributed by atoms with E-state index in [4.69, 9.17) is 4.74 Å². The molecule has 0 fully saturated rings. The molecule has 0 amide bonds. The van der Waals surface area contributed by atoms with Crippen LogP contribution in [0.2, 0.25) is 0 Å². The Kier molecular flexibility index (Phi) is 2.55. The normalized spacial score (nSPS) is 13.2. The van der Waals surface area contributed by atoms with Crippen molar-refractivity contribution in [2.45, 2.75) is 13.3 Å². The quantitative estimate of drug-likeness (QED) is 0.850. The Morgan fingerprint density at radius 2 is 2.26 bits per heavy atom. The minimum absolute atomic E-state index is 0.243. The third kappa shape index (κ3) is 1.78. The van der Waals surface area contributed by atoms with E-state index in [9.17, 15) is 9.90 Å². The molecule has 0 aliphatic carbocycles. The first kappa shape index (κ1) is 11.8. The molecular formula is C14H14N2O3. The SMILES string of the molecule is Cc1ccc2c(c1)-c1nn(C)c(C(=O)O)c1CCO2. The van der Waals surface area contributed by atoms with Gasteiger partial charge in [-0.3, -0.25) is 4.68 Å². The van der Waals surface area contributed by atoms with Crippen LogP contribution in [-0.4, -0.2) is 27.5 Å². The van der Waals surface area contributed by atoms with E-state index in [0.717, 1.165) is 28.1 Å². The summed E-state index contributed by atoms with van der Waals surface area (Å²) < 4.78 is 7.11. The topological polar surface area (TPSA) is 64.4 Å². The molecule has 1 aromatic heterocycles. The van der Waals surface area contributed by atoms with Gasteiger partial charge in [-0.2, -0.15) is 5.10 Å². The number of fused-ring (bicyclic) bond motifs is 3. The molecule has 0 unspecified atom stereocenters. The van der Waals surface area contributed by atoms with E-state index >= 15 is 0 Å². The van der Waals surface area contributed by atoms with Crippen molar-refractivity contribution in [2.24, 2.45) is 7.05 Å². The summed E-state index contributed by atoms with van der Waals surface area (Å²) in [6.07, 6.45) is 0.554. The summed E-state index contributed by atoms with van der Waals surface area (Å²) in [6.45, 7) is 2.46. The predicted molar refractivity (Wildman–Crippen MR) is 69.5 cm³/mol. The molecule has 1 aliphatic heterocycles. The fraction of sp³-hybridized carbons (Fsp3) is 0.286. The van der Waals surface area contributed by atoms with E-state index in [1.165, 1.54) is 4.68 Å².